The van der Waals surface area contributed by atoms with Crippen molar-refractivity contribution in [3.8, 4) is 0 Å². The van der Waals surface area contributed by atoms with Gasteiger partial charge in [0.15, 0.2) is 0 Å². The molecule has 1 aromatic rings. The molecule has 0 amide bonds. The van der Waals surface area contributed by atoms with Crippen LogP contribution in [0.5, 0.6) is 0 Å². The van der Waals surface area contributed by atoms with Gasteiger partial charge in [-0.1, -0.05) is 18.5 Å². The standard InChI is InChI=1S/C14H21ClN2O2S/c1-10-4-3-5-17(9-10)20(18,19)14-7-13(15)6-12(8-16)11(14)2/h6-7,10H,3-5,8-9,16H2,1-2H3. The number of hydrogen-bond donors (Lipinski definition) is 1. The summed E-state index contributed by atoms with van der Waals surface area (Å²) in [5, 5.41) is 0.416. The van der Waals surface area contributed by atoms with Crippen molar-refractivity contribution in [3.63, 3.8) is 0 Å². The van der Waals surface area contributed by atoms with Crippen LogP contribution in [0.25, 0.3) is 0 Å². The van der Waals surface area contributed by atoms with Crippen molar-refractivity contribution < 1.29 is 8.42 Å². The number of halogens is 1. The molecule has 0 spiro atoms. The van der Waals surface area contributed by atoms with Gasteiger partial charge in [-0.05, 0) is 48.9 Å². The second-order valence-electron chi connectivity index (χ2n) is 5.50. The lowest BCUT2D eigenvalue weighted by Crippen LogP contribution is -2.39. The molecule has 1 unspecified atom stereocenters. The fourth-order valence-electron chi connectivity index (χ4n) is 2.69. The summed E-state index contributed by atoms with van der Waals surface area (Å²) < 4.78 is 27.2. The van der Waals surface area contributed by atoms with E-state index in [1.54, 1.807) is 17.3 Å². The van der Waals surface area contributed by atoms with Crippen LogP contribution in [-0.2, 0) is 16.6 Å². The fraction of sp³-hybridized carbons (Fsp3) is 0.571. The zero-order chi connectivity index (χ0) is 14.9. The fourth-order valence-corrected chi connectivity index (χ4v) is 4.89. The number of nitrogens with two attached hydrogens (primary N) is 1. The van der Waals surface area contributed by atoms with Crippen LogP contribution in [-0.4, -0.2) is 25.8 Å². The Hall–Kier alpha value is -0.620. The molecule has 1 aromatic carbocycles. The summed E-state index contributed by atoms with van der Waals surface area (Å²) >= 11 is 6.04. The first kappa shape index (κ1) is 15.8. The molecule has 0 aromatic heterocycles. The minimum atomic E-state index is -3.49. The first-order chi connectivity index (χ1) is 9.36. The number of piperidine rings is 1. The number of benzene rings is 1. The Morgan fingerprint density at radius 2 is 2.15 bits per heavy atom. The first-order valence-electron chi connectivity index (χ1n) is 6.85. The van der Waals surface area contributed by atoms with Crippen LogP contribution in [0.3, 0.4) is 0 Å². The Morgan fingerprint density at radius 1 is 1.45 bits per heavy atom. The Bertz CT molecular complexity index is 601. The molecule has 0 saturated carbocycles. The van der Waals surface area contributed by atoms with Gasteiger partial charge in [0.25, 0.3) is 0 Å². The van der Waals surface area contributed by atoms with Crippen molar-refractivity contribution in [1.82, 2.24) is 4.31 Å². The Morgan fingerprint density at radius 3 is 2.75 bits per heavy atom. The molecule has 0 bridgehead atoms. The van der Waals surface area contributed by atoms with Gasteiger partial charge < -0.3 is 5.73 Å². The van der Waals surface area contributed by atoms with Crippen LogP contribution >= 0.6 is 11.6 Å². The molecular formula is C14H21ClN2O2S. The van der Waals surface area contributed by atoms with Crippen molar-refractivity contribution in [1.29, 1.82) is 0 Å². The lowest BCUT2D eigenvalue weighted by molar-refractivity contribution is 0.281. The minimum absolute atomic E-state index is 0.283. The highest BCUT2D eigenvalue weighted by atomic mass is 35.5. The third kappa shape index (κ3) is 3.01. The predicted octanol–water partition coefficient (Wildman–Crippen LogP) is 2.53. The lowest BCUT2D eigenvalue weighted by Gasteiger charge is -2.30. The summed E-state index contributed by atoms with van der Waals surface area (Å²) in [6.07, 6.45) is 1.98. The molecule has 0 aliphatic carbocycles. The molecule has 1 aliphatic rings. The molecule has 4 nitrogen and oxygen atoms in total. The van der Waals surface area contributed by atoms with Gasteiger partial charge in [0, 0.05) is 24.7 Å². The molecule has 2 N–H and O–H groups in total. The molecular weight excluding hydrogens is 296 g/mol. The Labute approximate surface area is 126 Å². The maximum atomic E-state index is 12.8. The van der Waals surface area contributed by atoms with E-state index in [0.717, 1.165) is 18.4 Å². The molecule has 1 saturated heterocycles. The molecule has 20 heavy (non-hydrogen) atoms. The smallest absolute Gasteiger partial charge is 0.243 e. The molecule has 0 radical (unpaired) electrons. The van der Waals surface area contributed by atoms with Gasteiger partial charge in [-0.25, -0.2) is 8.42 Å². The van der Waals surface area contributed by atoms with E-state index in [0.29, 0.717) is 34.5 Å². The van der Waals surface area contributed by atoms with E-state index in [9.17, 15) is 8.42 Å². The summed E-state index contributed by atoms with van der Waals surface area (Å²) in [6, 6.07) is 3.26. The molecule has 6 heteroatoms. The van der Waals surface area contributed by atoms with Gasteiger partial charge in [0.1, 0.15) is 0 Å². The largest absolute Gasteiger partial charge is 0.326 e. The summed E-state index contributed by atoms with van der Waals surface area (Å²) in [5.74, 6) is 0.395. The number of sulfonamides is 1. The molecule has 2 rings (SSSR count). The number of rotatable bonds is 3. The normalized spacial score (nSPS) is 21.1. The summed E-state index contributed by atoms with van der Waals surface area (Å²) in [6.45, 7) is 5.31. The number of hydrogen-bond acceptors (Lipinski definition) is 3. The minimum Gasteiger partial charge on any atom is -0.326 e. The van der Waals surface area contributed by atoms with Gasteiger partial charge in [-0.15, -0.1) is 0 Å². The van der Waals surface area contributed by atoms with E-state index in [-0.39, 0.29) is 6.54 Å². The summed E-state index contributed by atoms with van der Waals surface area (Å²) in [5.41, 5.74) is 7.15. The molecule has 112 valence electrons. The lowest BCUT2D eigenvalue weighted by atomic mass is 10.0. The van der Waals surface area contributed by atoms with Crippen molar-refractivity contribution in [2.45, 2.75) is 38.1 Å². The first-order valence-corrected chi connectivity index (χ1v) is 8.67. The Balaban J connectivity index is 2.46. The Kier molecular flexibility index (Phi) is 4.74. The monoisotopic (exact) mass is 316 g/mol. The third-order valence-corrected chi connectivity index (χ3v) is 6.10. The van der Waals surface area contributed by atoms with Crippen LogP contribution < -0.4 is 5.73 Å². The van der Waals surface area contributed by atoms with E-state index in [4.69, 9.17) is 17.3 Å². The van der Waals surface area contributed by atoms with Gasteiger partial charge in [0.2, 0.25) is 10.0 Å². The second-order valence-corrected chi connectivity index (χ2v) is 7.85. The molecule has 1 aliphatic heterocycles. The highest BCUT2D eigenvalue weighted by Gasteiger charge is 2.30. The van der Waals surface area contributed by atoms with Crippen molar-refractivity contribution in [2.24, 2.45) is 11.7 Å². The van der Waals surface area contributed by atoms with Gasteiger partial charge in [0.05, 0.1) is 4.90 Å². The molecule has 1 fully saturated rings. The molecule has 1 heterocycles. The van der Waals surface area contributed by atoms with Gasteiger partial charge in [-0.3, -0.25) is 0 Å². The maximum absolute atomic E-state index is 12.8. The van der Waals surface area contributed by atoms with E-state index >= 15 is 0 Å². The van der Waals surface area contributed by atoms with Crippen molar-refractivity contribution >= 4 is 21.6 Å². The van der Waals surface area contributed by atoms with E-state index in [1.807, 2.05) is 0 Å². The topological polar surface area (TPSA) is 63.4 Å². The molecule has 1 atom stereocenters. The van der Waals surface area contributed by atoms with E-state index in [2.05, 4.69) is 6.92 Å². The highest BCUT2D eigenvalue weighted by molar-refractivity contribution is 7.89. The van der Waals surface area contributed by atoms with Crippen molar-refractivity contribution in [2.75, 3.05) is 13.1 Å². The highest BCUT2D eigenvalue weighted by Crippen LogP contribution is 2.29. The SMILES string of the molecule is Cc1c(CN)cc(Cl)cc1S(=O)(=O)N1CCCC(C)C1. The van der Waals surface area contributed by atoms with E-state index < -0.39 is 10.0 Å². The van der Waals surface area contributed by atoms with Crippen LogP contribution in [0.2, 0.25) is 5.02 Å². The summed E-state index contributed by atoms with van der Waals surface area (Å²) in [4.78, 5) is 0.291. The average Bonchev–Trinajstić information content (AvgIpc) is 2.40. The second kappa shape index (κ2) is 6.02. The quantitative estimate of drug-likeness (QED) is 0.932. The summed E-state index contributed by atoms with van der Waals surface area (Å²) in [7, 11) is -3.49. The number of nitrogens with zero attached hydrogens (tertiary/aromatic N) is 1. The van der Waals surface area contributed by atoms with Crippen molar-refractivity contribution in [3.05, 3.63) is 28.3 Å². The maximum Gasteiger partial charge on any atom is 0.243 e. The zero-order valence-electron chi connectivity index (χ0n) is 11.9. The predicted molar refractivity (Wildman–Crippen MR) is 81.2 cm³/mol. The van der Waals surface area contributed by atoms with Crippen LogP contribution in [0, 0.1) is 12.8 Å². The van der Waals surface area contributed by atoms with Crippen LogP contribution in [0.15, 0.2) is 17.0 Å². The van der Waals surface area contributed by atoms with E-state index in [1.165, 1.54) is 6.07 Å². The average molecular weight is 317 g/mol. The van der Waals surface area contributed by atoms with Crippen LogP contribution in [0.1, 0.15) is 30.9 Å². The van der Waals surface area contributed by atoms with Crippen LogP contribution in [0.4, 0.5) is 0 Å². The third-order valence-electron chi connectivity index (χ3n) is 3.89. The van der Waals surface area contributed by atoms with Gasteiger partial charge >= 0.3 is 0 Å². The zero-order valence-corrected chi connectivity index (χ0v) is 13.5. The van der Waals surface area contributed by atoms with Gasteiger partial charge in [-0.2, -0.15) is 4.31 Å².